The van der Waals surface area contributed by atoms with E-state index in [0.29, 0.717) is 6.54 Å². The standard InChI is InChI=1S/C15H22N6O/c1-10(2)14-16-6-8-20(14)11(3)15(22)17-9-13-19-18-12-5-4-7-21(12)13/h6,8,10-11H,4-5,7,9H2,1-3H3,(H,17,22)/t11-/m1/s1. The van der Waals surface area contributed by atoms with E-state index in [1.54, 1.807) is 6.20 Å². The Kier molecular flexibility index (Phi) is 3.96. The topological polar surface area (TPSA) is 77.6 Å². The normalized spacial score (nSPS) is 15.1. The van der Waals surface area contributed by atoms with Crippen molar-refractivity contribution in [2.75, 3.05) is 0 Å². The third-order valence-electron chi connectivity index (χ3n) is 4.12. The van der Waals surface area contributed by atoms with E-state index >= 15 is 0 Å². The van der Waals surface area contributed by atoms with Crippen LogP contribution < -0.4 is 5.32 Å². The fourth-order valence-electron chi connectivity index (χ4n) is 2.88. The number of hydrogen-bond acceptors (Lipinski definition) is 4. The van der Waals surface area contributed by atoms with Crippen LogP contribution in [-0.2, 0) is 24.3 Å². The molecule has 2 aromatic heterocycles. The van der Waals surface area contributed by atoms with E-state index in [0.717, 1.165) is 36.9 Å². The summed E-state index contributed by atoms with van der Waals surface area (Å²) < 4.78 is 4.02. The number of imidazole rings is 1. The SMILES string of the molecule is CC(C)c1nccn1[C@H](C)C(=O)NCc1nnc2n1CCC2. The highest BCUT2D eigenvalue weighted by molar-refractivity contribution is 5.79. The fraction of sp³-hybridized carbons (Fsp3) is 0.600. The first kappa shape index (κ1) is 14.7. The molecule has 2 aromatic rings. The Morgan fingerprint density at radius 1 is 1.36 bits per heavy atom. The number of aromatic nitrogens is 5. The van der Waals surface area contributed by atoms with Crippen molar-refractivity contribution in [3.63, 3.8) is 0 Å². The van der Waals surface area contributed by atoms with Gasteiger partial charge in [-0.15, -0.1) is 10.2 Å². The number of nitrogens with one attached hydrogen (secondary N) is 1. The quantitative estimate of drug-likeness (QED) is 0.906. The molecule has 1 atom stereocenters. The first-order chi connectivity index (χ1) is 10.6. The van der Waals surface area contributed by atoms with Gasteiger partial charge in [-0.1, -0.05) is 13.8 Å². The molecule has 3 rings (SSSR count). The summed E-state index contributed by atoms with van der Waals surface area (Å²) in [4.78, 5) is 16.7. The van der Waals surface area contributed by atoms with Crippen LogP contribution in [0.25, 0.3) is 0 Å². The van der Waals surface area contributed by atoms with E-state index in [2.05, 4.69) is 38.9 Å². The van der Waals surface area contributed by atoms with Gasteiger partial charge in [0.25, 0.3) is 0 Å². The number of aryl methyl sites for hydroxylation is 1. The summed E-state index contributed by atoms with van der Waals surface area (Å²) in [5.41, 5.74) is 0. The van der Waals surface area contributed by atoms with Gasteiger partial charge < -0.3 is 14.5 Å². The van der Waals surface area contributed by atoms with Gasteiger partial charge in [0, 0.05) is 31.3 Å². The molecule has 0 fully saturated rings. The molecule has 7 heteroatoms. The zero-order chi connectivity index (χ0) is 15.7. The van der Waals surface area contributed by atoms with E-state index in [-0.39, 0.29) is 17.9 Å². The highest BCUT2D eigenvalue weighted by atomic mass is 16.2. The summed E-state index contributed by atoms with van der Waals surface area (Å²) in [7, 11) is 0. The van der Waals surface area contributed by atoms with Crippen molar-refractivity contribution in [3.05, 3.63) is 29.9 Å². The number of carbonyl (C=O) groups excluding carboxylic acids is 1. The molecule has 0 bridgehead atoms. The van der Waals surface area contributed by atoms with Crippen LogP contribution in [0.15, 0.2) is 12.4 Å². The Balaban J connectivity index is 1.65. The smallest absolute Gasteiger partial charge is 0.243 e. The van der Waals surface area contributed by atoms with Gasteiger partial charge in [0.1, 0.15) is 17.7 Å². The van der Waals surface area contributed by atoms with Gasteiger partial charge in [-0.25, -0.2) is 4.98 Å². The maximum absolute atomic E-state index is 12.4. The highest BCUT2D eigenvalue weighted by Crippen LogP contribution is 2.18. The zero-order valence-corrected chi connectivity index (χ0v) is 13.3. The largest absolute Gasteiger partial charge is 0.347 e. The Morgan fingerprint density at radius 3 is 2.95 bits per heavy atom. The lowest BCUT2D eigenvalue weighted by Gasteiger charge is -2.17. The van der Waals surface area contributed by atoms with Crippen LogP contribution in [0, 0.1) is 0 Å². The average Bonchev–Trinajstić information content (AvgIpc) is 3.19. The number of fused-ring (bicyclic) bond motifs is 1. The molecule has 0 spiro atoms. The van der Waals surface area contributed by atoms with Crippen molar-refractivity contribution in [1.82, 2.24) is 29.6 Å². The number of hydrogen-bond donors (Lipinski definition) is 1. The molecule has 0 aromatic carbocycles. The van der Waals surface area contributed by atoms with Crippen molar-refractivity contribution in [3.8, 4) is 0 Å². The maximum Gasteiger partial charge on any atom is 0.243 e. The molecule has 3 heterocycles. The first-order valence-electron chi connectivity index (χ1n) is 7.79. The van der Waals surface area contributed by atoms with E-state index in [9.17, 15) is 4.79 Å². The summed E-state index contributed by atoms with van der Waals surface area (Å²) in [6.07, 6.45) is 5.68. The highest BCUT2D eigenvalue weighted by Gasteiger charge is 2.21. The predicted octanol–water partition coefficient (Wildman–Crippen LogP) is 1.42. The van der Waals surface area contributed by atoms with Crippen molar-refractivity contribution in [1.29, 1.82) is 0 Å². The third-order valence-corrected chi connectivity index (χ3v) is 4.12. The molecule has 1 N–H and O–H groups in total. The van der Waals surface area contributed by atoms with E-state index in [1.165, 1.54) is 0 Å². The number of carbonyl (C=O) groups is 1. The average molecular weight is 302 g/mol. The van der Waals surface area contributed by atoms with Crippen LogP contribution in [0.3, 0.4) is 0 Å². The molecular weight excluding hydrogens is 280 g/mol. The minimum Gasteiger partial charge on any atom is -0.347 e. The van der Waals surface area contributed by atoms with Crippen molar-refractivity contribution in [2.45, 2.75) is 58.7 Å². The van der Waals surface area contributed by atoms with Gasteiger partial charge in [0.15, 0.2) is 5.82 Å². The van der Waals surface area contributed by atoms with Crippen LogP contribution in [0.5, 0.6) is 0 Å². The maximum atomic E-state index is 12.4. The van der Waals surface area contributed by atoms with E-state index in [4.69, 9.17) is 0 Å². The Morgan fingerprint density at radius 2 is 2.18 bits per heavy atom. The summed E-state index contributed by atoms with van der Waals surface area (Å²) in [5.74, 6) is 3.03. The molecule has 1 aliphatic rings. The number of nitrogens with zero attached hydrogens (tertiary/aromatic N) is 5. The third kappa shape index (κ3) is 2.63. The van der Waals surface area contributed by atoms with Gasteiger partial charge in [-0.3, -0.25) is 4.79 Å². The van der Waals surface area contributed by atoms with Crippen LogP contribution in [0.1, 0.15) is 56.6 Å². The van der Waals surface area contributed by atoms with Crippen molar-refractivity contribution in [2.24, 2.45) is 0 Å². The molecule has 118 valence electrons. The molecule has 1 aliphatic heterocycles. The van der Waals surface area contributed by atoms with Gasteiger partial charge >= 0.3 is 0 Å². The van der Waals surface area contributed by atoms with E-state index < -0.39 is 0 Å². The lowest BCUT2D eigenvalue weighted by Crippen LogP contribution is -2.32. The second-order valence-electron chi connectivity index (χ2n) is 6.03. The van der Waals surface area contributed by atoms with Gasteiger partial charge in [-0.05, 0) is 13.3 Å². The van der Waals surface area contributed by atoms with Crippen molar-refractivity contribution >= 4 is 5.91 Å². The molecule has 0 unspecified atom stereocenters. The predicted molar refractivity (Wildman–Crippen MR) is 81.2 cm³/mol. The van der Waals surface area contributed by atoms with E-state index in [1.807, 2.05) is 17.7 Å². The van der Waals surface area contributed by atoms with Crippen LogP contribution in [-0.4, -0.2) is 30.2 Å². The summed E-state index contributed by atoms with van der Waals surface area (Å²) >= 11 is 0. The summed E-state index contributed by atoms with van der Waals surface area (Å²) in [6.45, 7) is 7.40. The fourth-order valence-corrected chi connectivity index (χ4v) is 2.88. The zero-order valence-electron chi connectivity index (χ0n) is 13.3. The van der Waals surface area contributed by atoms with Gasteiger partial charge in [0.05, 0.1) is 6.54 Å². The summed E-state index contributed by atoms with van der Waals surface area (Å²) in [5, 5.41) is 11.3. The Hall–Kier alpha value is -2.18. The Labute approximate surface area is 129 Å². The molecular formula is C15H22N6O. The summed E-state index contributed by atoms with van der Waals surface area (Å²) in [6, 6.07) is -0.291. The molecule has 22 heavy (non-hydrogen) atoms. The number of amides is 1. The van der Waals surface area contributed by atoms with Crippen LogP contribution in [0.2, 0.25) is 0 Å². The van der Waals surface area contributed by atoms with Crippen molar-refractivity contribution < 1.29 is 4.79 Å². The van der Waals surface area contributed by atoms with Gasteiger partial charge in [-0.2, -0.15) is 0 Å². The molecule has 7 nitrogen and oxygen atoms in total. The number of rotatable bonds is 5. The molecule has 0 saturated carbocycles. The molecule has 0 saturated heterocycles. The Bertz CT molecular complexity index is 671. The van der Waals surface area contributed by atoms with Gasteiger partial charge in [0.2, 0.25) is 5.91 Å². The molecule has 1 amide bonds. The molecule has 0 radical (unpaired) electrons. The monoisotopic (exact) mass is 302 g/mol. The minimum absolute atomic E-state index is 0.0322. The van der Waals surface area contributed by atoms with Crippen LogP contribution >= 0.6 is 0 Å². The molecule has 0 aliphatic carbocycles. The first-order valence-corrected chi connectivity index (χ1v) is 7.79. The second-order valence-corrected chi connectivity index (χ2v) is 6.03. The lowest BCUT2D eigenvalue weighted by atomic mass is 10.2. The second kappa shape index (κ2) is 5.90. The minimum atomic E-state index is -0.291. The van der Waals surface area contributed by atoms with Crippen LogP contribution in [0.4, 0.5) is 0 Å². The lowest BCUT2D eigenvalue weighted by molar-refractivity contribution is -0.124.